The number of nitrogens with zero attached hydrogens (tertiary/aromatic N) is 2. The van der Waals surface area contributed by atoms with Crippen LogP contribution < -0.4 is 4.74 Å². The molecule has 1 fully saturated rings. The number of carbonyl (C=O) groups is 1. The minimum atomic E-state index is -0.0767. The number of fused-ring (bicyclic) bond motifs is 1. The van der Waals surface area contributed by atoms with Crippen LogP contribution in [0.5, 0.6) is 5.75 Å². The molecule has 1 aliphatic rings. The van der Waals surface area contributed by atoms with Gasteiger partial charge in [0.15, 0.2) is 0 Å². The Bertz CT molecular complexity index is 986. The van der Waals surface area contributed by atoms with E-state index in [1.165, 1.54) is 0 Å². The molecule has 2 heterocycles. The number of methoxy groups -OCH3 is 1. The molecule has 27 heavy (non-hydrogen) atoms. The van der Waals surface area contributed by atoms with Crippen molar-refractivity contribution >= 4 is 16.8 Å². The standard InChI is InChI=1S/C22H22N2O3/c1-27-20-10-9-18(19-8-3-11-23-21(19)20)15-5-2-6-16(13-15)22(26)24-12-4-7-17(24)14-25/h2-3,5-6,8-11,13,17,25H,4,7,12,14H2,1H3. The summed E-state index contributed by atoms with van der Waals surface area (Å²) in [6.45, 7) is 0.712. The van der Waals surface area contributed by atoms with Crippen molar-refractivity contribution in [2.45, 2.75) is 18.9 Å². The smallest absolute Gasteiger partial charge is 0.254 e. The SMILES string of the molecule is COc1ccc(-c2cccc(C(=O)N3CCCC3CO)c2)c2cccnc12. The maximum Gasteiger partial charge on any atom is 0.254 e. The molecule has 5 heteroatoms. The minimum Gasteiger partial charge on any atom is -0.494 e. The van der Waals surface area contributed by atoms with Crippen molar-refractivity contribution in [2.24, 2.45) is 0 Å². The third-order valence-electron chi connectivity index (χ3n) is 5.22. The van der Waals surface area contributed by atoms with Gasteiger partial charge in [-0.25, -0.2) is 0 Å². The molecule has 1 aromatic heterocycles. The molecule has 1 saturated heterocycles. The van der Waals surface area contributed by atoms with Crippen molar-refractivity contribution in [1.82, 2.24) is 9.88 Å². The first-order valence-electron chi connectivity index (χ1n) is 9.17. The monoisotopic (exact) mass is 362 g/mol. The number of ether oxygens (including phenoxy) is 1. The maximum absolute atomic E-state index is 12.9. The fourth-order valence-corrected chi connectivity index (χ4v) is 3.84. The van der Waals surface area contributed by atoms with Gasteiger partial charge in [-0.05, 0) is 54.3 Å². The van der Waals surface area contributed by atoms with Gasteiger partial charge in [0.1, 0.15) is 11.3 Å². The van der Waals surface area contributed by atoms with Gasteiger partial charge in [0, 0.05) is 23.7 Å². The number of carbonyl (C=O) groups excluding carboxylic acids is 1. The Labute approximate surface area is 158 Å². The second kappa shape index (κ2) is 7.37. The van der Waals surface area contributed by atoms with Gasteiger partial charge in [-0.3, -0.25) is 9.78 Å². The van der Waals surface area contributed by atoms with Crippen LogP contribution in [0.3, 0.4) is 0 Å². The van der Waals surface area contributed by atoms with Crippen LogP contribution in [-0.2, 0) is 0 Å². The van der Waals surface area contributed by atoms with Crippen molar-refractivity contribution in [2.75, 3.05) is 20.3 Å². The third-order valence-corrected chi connectivity index (χ3v) is 5.22. The zero-order valence-corrected chi connectivity index (χ0v) is 15.3. The second-order valence-corrected chi connectivity index (χ2v) is 6.77. The Kier molecular flexibility index (Phi) is 4.77. The van der Waals surface area contributed by atoms with Gasteiger partial charge in [-0.15, -0.1) is 0 Å². The van der Waals surface area contributed by atoms with Gasteiger partial charge in [-0.1, -0.05) is 18.2 Å². The number of likely N-dealkylation sites (tertiary alicyclic amines) is 1. The number of benzene rings is 2. The summed E-state index contributed by atoms with van der Waals surface area (Å²) in [6, 6.07) is 15.4. The fraction of sp³-hybridized carbons (Fsp3) is 0.273. The van der Waals surface area contributed by atoms with Gasteiger partial charge in [0.2, 0.25) is 0 Å². The third kappa shape index (κ3) is 3.15. The topological polar surface area (TPSA) is 62.7 Å². The van der Waals surface area contributed by atoms with E-state index >= 15 is 0 Å². The summed E-state index contributed by atoms with van der Waals surface area (Å²) in [7, 11) is 1.63. The molecule has 0 radical (unpaired) electrons. The number of rotatable bonds is 4. The number of pyridine rings is 1. The van der Waals surface area contributed by atoms with Crippen LogP contribution in [0.25, 0.3) is 22.0 Å². The number of aliphatic hydroxyl groups is 1. The van der Waals surface area contributed by atoms with Crippen molar-refractivity contribution in [1.29, 1.82) is 0 Å². The summed E-state index contributed by atoms with van der Waals surface area (Å²) in [5.41, 5.74) is 3.41. The molecule has 0 aliphatic carbocycles. The summed E-state index contributed by atoms with van der Waals surface area (Å²) in [5.74, 6) is 0.703. The number of hydrogen-bond acceptors (Lipinski definition) is 4. The van der Waals surface area contributed by atoms with E-state index in [-0.39, 0.29) is 18.6 Å². The molecule has 3 aromatic rings. The van der Waals surface area contributed by atoms with Crippen LogP contribution in [0.15, 0.2) is 54.7 Å². The van der Waals surface area contributed by atoms with Gasteiger partial charge < -0.3 is 14.7 Å². The molecule has 0 saturated carbocycles. The first kappa shape index (κ1) is 17.5. The molecule has 1 unspecified atom stereocenters. The highest BCUT2D eigenvalue weighted by molar-refractivity contribution is 6.00. The van der Waals surface area contributed by atoms with Gasteiger partial charge in [0.05, 0.1) is 19.8 Å². The minimum absolute atomic E-state index is 0.0141. The lowest BCUT2D eigenvalue weighted by atomic mass is 9.98. The van der Waals surface area contributed by atoms with Crippen molar-refractivity contribution < 1.29 is 14.6 Å². The largest absolute Gasteiger partial charge is 0.494 e. The molecule has 4 rings (SSSR count). The van der Waals surface area contributed by atoms with Gasteiger partial charge in [-0.2, -0.15) is 0 Å². The molecule has 5 nitrogen and oxygen atoms in total. The Hall–Kier alpha value is -2.92. The summed E-state index contributed by atoms with van der Waals surface area (Å²) >= 11 is 0. The molecule has 2 aromatic carbocycles. The number of amides is 1. The van der Waals surface area contributed by atoms with Crippen LogP contribution in [0.1, 0.15) is 23.2 Å². The first-order valence-corrected chi connectivity index (χ1v) is 9.17. The Morgan fingerprint density at radius 3 is 2.96 bits per heavy atom. The van der Waals surface area contributed by atoms with Crippen LogP contribution in [-0.4, -0.2) is 47.2 Å². The predicted octanol–water partition coefficient (Wildman–Crippen LogP) is 3.51. The highest BCUT2D eigenvalue weighted by atomic mass is 16.5. The van der Waals surface area contributed by atoms with E-state index in [1.54, 1.807) is 18.2 Å². The zero-order valence-electron chi connectivity index (χ0n) is 15.3. The van der Waals surface area contributed by atoms with E-state index in [0.717, 1.165) is 40.6 Å². The molecule has 138 valence electrons. The average Bonchev–Trinajstić information content (AvgIpc) is 3.21. The predicted molar refractivity (Wildman–Crippen MR) is 105 cm³/mol. The maximum atomic E-state index is 12.9. The zero-order chi connectivity index (χ0) is 18.8. The Balaban J connectivity index is 1.75. The van der Waals surface area contributed by atoms with Gasteiger partial charge in [0.25, 0.3) is 5.91 Å². The first-order chi connectivity index (χ1) is 13.2. The normalized spacial score (nSPS) is 16.7. The quantitative estimate of drug-likeness (QED) is 0.771. The molecule has 0 spiro atoms. The second-order valence-electron chi connectivity index (χ2n) is 6.77. The lowest BCUT2D eigenvalue weighted by molar-refractivity contribution is 0.0677. The molecule has 1 N–H and O–H groups in total. The van der Waals surface area contributed by atoms with Gasteiger partial charge >= 0.3 is 0 Å². The van der Waals surface area contributed by atoms with Crippen LogP contribution in [0.2, 0.25) is 0 Å². The Morgan fingerprint density at radius 1 is 1.26 bits per heavy atom. The van der Waals surface area contributed by atoms with Crippen molar-refractivity contribution in [3.05, 3.63) is 60.3 Å². The number of aromatic nitrogens is 1. The fourth-order valence-electron chi connectivity index (χ4n) is 3.84. The van der Waals surface area contributed by atoms with E-state index in [0.29, 0.717) is 12.1 Å². The highest BCUT2D eigenvalue weighted by Crippen LogP contribution is 2.33. The van der Waals surface area contributed by atoms with Crippen LogP contribution in [0, 0.1) is 0 Å². The summed E-state index contributed by atoms with van der Waals surface area (Å²) < 4.78 is 5.42. The Morgan fingerprint density at radius 2 is 2.15 bits per heavy atom. The highest BCUT2D eigenvalue weighted by Gasteiger charge is 2.28. The molecule has 1 aliphatic heterocycles. The van der Waals surface area contributed by atoms with E-state index < -0.39 is 0 Å². The average molecular weight is 362 g/mol. The molecular formula is C22H22N2O3. The summed E-state index contributed by atoms with van der Waals surface area (Å²) in [5, 5.41) is 10.5. The molecular weight excluding hydrogens is 340 g/mol. The molecule has 1 atom stereocenters. The van der Waals surface area contributed by atoms with E-state index in [4.69, 9.17) is 4.74 Å². The molecule has 0 bridgehead atoms. The molecule has 1 amide bonds. The summed E-state index contributed by atoms with van der Waals surface area (Å²) in [4.78, 5) is 19.2. The van der Waals surface area contributed by atoms with Crippen LogP contribution >= 0.6 is 0 Å². The van der Waals surface area contributed by atoms with E-state index in [9.17, 15) is 9.90 Å². The van der Waals surface area contributed by atoms with Crippen LogP contribution in [0.4, 0.5) is 0 Å². The van der Waals surface area contributed by atoms with E-state index in [2.05, 4.69) is 4.98 Å². The van der Waals surface area contributed by atoms with Crippen molar-refractivity contribution in [3.8, 4) is 16.9 Å². The van der Waals surface area contributed by atoms with Crippen molar-refractivity contribution in [3.63, 3.8) is 0 Å². The number of hydrogen-bond donors (Lipinski definition) is 1. The number of aliphatic hydroxyl groups excluding tert-OH is 1. The summed E-state index contributed by atoms with van der Waals surface area (Å²) in [6.07, 6.45) is 3.54. The lowest BCUT2D eigenvalue weighted by Crippen LogP contribution is -2.37. The lowest BCUT2D eigenvalue weighted by Gasteiger charge is -2.23. The van der Waals surface area contributed by atoms with E-state index in [1.807, 2.05) is 48.5 Å².